The van der Waals surface area contributed by atoms with Gasteiger partial charge in [-0.25, -0.2) is 4.79 Å². The van der Waals surface area contributed by atoms with Crippen LogP contribution in [0.4, 0.5) is 4.79 Å². The molecule has 0 spiro atoms. The van der Waals surface area contributed by atoms with Crippen LogP contribution in [0.15, 0.2) is 48.5 Å². The third-order valence-corrected chi connectivity index (χ3v) is 6.46. The summed E-state index contributed by atoms with van der Waals surface area (Å²) in [6.45, 7) is 8.75. The fraction of sp³-hybridized carbons (Fsp3) is 0.467. The van der Waals surface area contributed by atoms with Crippen molar-refractivity contribution in [3.8, 4) is 17.2 Å². The average molecular weight is 558 g/mol. The molecule has 2 rings (SSSR count). The van der Waals surface area contributed by atoms with Crippen molar-refractivity contribution in [1.82, 2.24) is 0 Å². The summed E-state index contributed by atoms with van der Waals surface area (Å²) in [5.74, 6) is -2.03. The maximum absolute atomic E-state index is 12.8. The third-order valence-electron chi connectivity index (χ3n) is 6.46. The van der Waals surface area contributed by atoms with Gasteiger partial charge in [-0.2, -0.15) is 0 Å². The van der Waals surface area contributed by atoms with E-state index in [1.165, 1.54) is 19.2 Å². The van der Waals surface area contributed by atoms with Gasteiger partial charge in [0.2, 0.25) is 0 Å². The fourth-order valence-electron chi connectivity index (χ4n) is 3.70. The molecule has 0 saturated heterocycles. The third kappa shape index (κ3) is 9.37. The van der Waals surface area contributed by atoms with Crippen LogP contribution < -0.4 is 19.9 Å². The lowest BCUT2D eigenvalue weighted by atomic mass is 9.86. The lowest BCUT2D eigenvalue weighted by Crippen LogP contribution is -2.53. The summed E-state index contributed by atoms with van der Waals surface area (Å²) in [7, 11) is 1.20. The lowest BCUT2D eigenvalue weighted by molar-refractivity contribution is -0.148. The van der Waals surface area contributed by atoms with E-state index in [9.17, 15) is 19.2 Å². The standard InChI is InChI=1S/C30H39NO9/c1-7-19(3)26(32)39-24-15-14-22(16-25(24)40-27(33)20(4)8-2)18-30(31,28(34)36-6)17-21(5)37-29(35)38-23-12-10-9-11-13-23/h9-16,19-21H,7-8,17-18,31H2,1-6H3/t19?,20?,21?,30-/m1/s1. The Morgan fingerprint density at radius 3 is 1.95 bits per heavy atom. The minimum Gasteiger partial charge on any atom is -0.468 e. The number of carbonyl (C=O) groups excluding carboxylic acids is 4. The summed E-state index contributed by atoms with van der Waals surface area (Å²) in [4.78, 5) is 50.0. The molecule has 2 N–H and O–H groups in total. The Morgan fingerprint density at radius 2 is 1.40 bits per heavy atom. The maximum Gasteiger partial charge on any atom is 0.514 e. The largest absolute Gasteiger partial charge is 0.514 e. The molecular weight excluding hydrogens is 518 g/mol. The molecule has 0 fully saturated rings. The van der Waals surface area contributed by atoms with Crippen molar-refractivity contribution in [2.45, 2.75) is 71.9 Å². The number of para-hydroxylation sites is 1. The number of methoxy groups -OCH3 is 1. The molecule has 0 aromatic heterocycles. The monoisotopic (exact) mass is 557 g/mol. The highest BCUT2D eigenvalue weighted by Crippen LogP contribution is 2.32. The van der Waals surface area contributed by atoms with Crippen LogP contribution in [0.1, 0.15) is 59.4 Å². The maximum atomic E-state index is 12.8. The van der Waals surface area contributed by atoms with Crippen LogP contribution in [0.3, 0.4) is 0 Å². The van der Waals surface area contributed by atoms with Crippen LogP contribution in [-0.4, -0.2) is 42.8 Å². The zero-order valence-electron chi connectivity index (χ0n) is 23.9. The summed E-state index contributed by atoms with van der Waals surface area (Å²) in [5.41, 5.74) is 5.40. The first-order chi connectivity index (χ1) is 18.9. The first-order valence-electron chi connectivity index (χ1n) is 13.3. The smallest absolute Gasteiger partial charge is 0.468 e. The van der Waals surface area contributed by atoms with Gasteiger partial charge in [0.1, 0.15) is 17.4 Å². The molecule has 0 aliphatic carbocycles. The summed E-state index contributed by atoms with van der Waals surface area (Å²) >= 11 is 0. The van der Waals surface area contributed by atoms with Crippen LogP contribution in [-0.2, 0) is 30.3 Å². The Balaban J connectivity index is 2.28. The summed E-state index contributed by atoms with van der Waals surface area (Å²) in [6, 6.07) is 13.0. The van der Waals surface area contributed by atoms with E-state index in [0.29, 0.717) is 24.2 Å². The Morgan fingerprint density at radius 1 is 0.825 bits per heavy atom. The van der Waals surface area contributed by atoms with E-state index in [1.54, 1.807) is 57.2 Å². The Bertz CT molecular complexity index is 1170. The molecule has 40 heavy (non-hydrogen) atoms. The van der Waals surface area contributed by atoms with Gasteiger partial charge in [-0.1, -0.05) is 52.0 Å². The zero-order valence-corrected chi connectivity index (χ0v) is 23.9. The summed E-state index contributed by atoms with van der Waals surface area (Å²) < 4.78 is 26.5. The number of hydrogen-bond donors (Lipinski definition) is 1. The molecule has 0 heterocycles. The Hall–Kier alpha value is -3.92. The van der Waals surface area contributed by atoms with E-state index in [2.05, 4.69) is 0 Å². The predicted octanol–water partition coefficient (Wildman–Crippen LogP) is 5.00. The molecule has 3 unspecified atom stereocenters. The molecule has 10 heteroatoms. The highest BCUT2D eigenvalue weighted by Gasteiger charge is 2.38. The van der Waals surface area contributed by atoms with E-state index in [4.69, 9.17) is 29.4 Å². The van der Waals surface area contributed by atoms with E-state index in [-0.39, 0.29) is 36.2 Å². The van der Waals surface area contributed by atoms with Crippen LogP contribution in [0, 0.1) is 11.8 Å². The second-order valence-electron chi connectivity index (χ2n) is 9.86. The van der Waals surface area contributed by atoms with Crippen LogP contribution in [0.2, 0.25) is 0 Å². The number of rotatable bonds is 13. The van der Waals surface area contributed by atoms with E-state index in [0.717, 1.165) is 0 Å². The quantitative estimate of drug-likeness (QED) is 0.203. The molecule has 4 atom stereocenters. The van der Waals surface area contributed by atoms with Gasteiger partial charge in [0, 0.05) is 12.8 Å². The summed E-state index contributed by atoms with van der Waals surface area (Å²) in [5, 5.41) is 0. The molecule has 218 valence electrons. The van der Waals surface area contributed by atoms with Crippen molar-refractivity contribution in [2.24, 2.45) is 17.6 Å². The Labute approximate surface area is 235 Å². The SMILES string of the molecule is CCC(C)C(=O)Oc1ccc(C[C@](N)(CC(C)OC(=O)Oc2ccccc2)C(=O)OC)cc1OC(=O)C(C)CC. The van der Waals surface area contributed by atoms with Gasteiger partial charge in [-0.05, 0) is 49.6 Å². The number of carbonyl (C=O) groups is 4. The molecule has 0 amide bonds. The molecular formula is C30H39NO9. The minimum atomic E-state index is -1.62. The van der Waals surface area contributed by atoms with E-state index < -0.39 is 35.7 Å². The molecule has 0 bridgehead atoms. The van der Waals surface area contributed by atoms with Crippen LogP contribution in [0.25, 0.3) is 0 Å². The zero-order chi connectivity index (χ0) is 29.9. The molecule has 0 saturated carbocycles. The van der Waals surface area contributed by atoms with Gasteiger partial charge in [0.05, 0.1) is 18.9 Å². The molecule has 0 aliphatic rings. The second kappa shape index (κ2) is 15.0. The van der Waals surface area contributed by atoms with Crippen molar-refractivity contribution in [3.05, 3.63) is 54.1 Å². The topological polar surface area (TPSA) is 140 Å². The first-order valence-corrected chi connectivity index (χ1v) is 13.3. The predicted molar refractivity (Wildman–Crippen MR) is 147 cm³/mol. The molecule has 2 aromatic rings. The van der Waals surface area contributed by atoms with Gasteiger partial charge < -0.3 is 29.4 Å². The summed E-state index contributed by atoms with van der Waals surface area (Å²) in [6.07, 6.45) is -0.798. The van der Waals surface area contributed by atoms with Gasteiger partial charge in [0.25, 0.3) is 0 Å². The average Bonchev–Trinajstić information content (AvgIpc) is 2.92. The van der Waals surface area contributed by atoms with Crippen molar-refractivity contribution in [3.63, 3.8) is 0 Å². The number of nitrogens with two attached hydrogens (primary N) is 1. The van der Waals surface area contributed by atoms with Gasteiger partial charge in [-0.3, -0.25) is 14.4 Å². The lowest BCUT2D eigenvalue weighted by Gasteiger charge is -2.29. The highest BCUT2D eigenvalue weighted by atomic mass is 16.7. The van der Waals surface area contributed by atoms with Crippen LogP contribution in [0.5, 0.6) is 17.2 Å². The Kier molecular flexibility index (Phi) is 12.1. The van der Waals surface area contributed by atoms with Gasteiger partial charge in [0.15, 0.2) is 11.5 Å². The highest BCUT2D eigenvalue weighted by molar-refractivity contribution is 5.81. The first kappa shape index (κ1) is 32.3. The van der Waals surface area contributed by atoms with Crippen LogP contribution >= 0.6 is 0 Å². The number of hydrogen-bond acceptors (Lipinski definition) is 10. The number of benzene rings is 2. The van der Waals surface area contributed by atoms with Crippen molar-refractivity contribution in [2.75, 3.05) is 7.11 Å². The van der Waals surface area contributed by atoms with E-state index in [1.807, 2.05) is 13.8 Å². The second-order valence-corrected chi connectivity index (χ2v) is 9.86. The normalized spacial score (nSPS) is 14.6. The molecule has 0 radical (unpaired) electrons. The van der Waals surface area contributed by atoms with E-state index >= 15 is 0 Å². The van der Waals surface area contributed by atoms with Gasteiger partial charge >= 0.3 is 24.1 Å². The molecule has 2 aromatic carbocycles. The van der Waals surface area contributed by atoms with Gasteiger partial charge in [-0.15, -0.1) is 0 Å². The minimum absolute atomic E-state index is 0.0300. The van der Waals surface area contributed by atoms with Crippen molar-refractivity contribution in [1.29, 1.82) is 0 Å². The number of esters is 3. The molecule has 0 aliphatic heterocycles. The van der Waals surface area contributed by atoms with Crippen molar-refractivity contribution >= 4 is 24.1 Å². The molecule has 10 nitrogen and oxygen atoms in total. The fourth-order valence-corrected chi connectivity index (χ4v) is 3.70. The number of ether oxygens (including phenoxy) is 5. The van der Waals surface area contributed by atoms with Crippen molar-refractivity contribution < 1.29 is 42.9 Å².